The number of aromatic nitrogens is 1. The number of carboxylic acid groups (broad SMARTS) is 1. The van der Waals surface area contributed by atoms with Gasteiger partial charge in [0.1, 0.15) is 10.8 Å². The van der Waals surface area contributed by atoms with Crippen molar-refractivity contribution in [3.63, 3.8) is 0 Å². The second kappa shape index (κ2) is 5.46. The third-order valence-corrected chi connectivity index (χ3v) is 3.18. The first-order chi connectivity index (χ1) is 9.45. The number of rotatable bonds is 3. The summed E-state index contributed by atoms with van der Waals surface area (Å²) in [5, 5.41) is 9.11. The molecule has 0 amide bonds. The summed E-state index contributed by atoms with van der Waals surface area (Å²) in [5.41, 5.74) is 0.0929. The van der Waals surface area contributed by atoms with E-state index in [-0.39, 0.29) is 22.8 Å². The van der Waals surface area contributed by atoms with Crippen LogP contribution in [0.3, 0.4) is 0 Å². The Morgan fingerprint density at radius 1 is 1.35 bits per heavy atom. The number of halogens is 2. The van der Waals surface area contributed by atoms with E-state index in [4.69, 9.17) is 11.6 Å². The van der Waals surface area contributed by atoms with Crippen LogP contribution in [-0.4, -0.2) is 15.6 Å². The first-order valence-electron chi connectivity index (χ1n) is 5.88. The van der Waals surface area contributed by atoms with Crippen molar-refractivity contribution in [1.82, 2.24) is 4.57 Å². The van der Waals surface area contributed by atoms with Gasteiger partial charge in [0.05, 0.1) is 11.3 Å². The molecule has 0 aliphatic heterocycles. The van der Waals surface area contributed by atoms with Crippen LogP contribution in [0.25, 0.3) is 11.3 Å². The van der Waals surface area contributed by atoms with Crippen molar-refractivity contribution in [3.8, 4) is 11.3 Å². The van der Waals surface area contributed by atoms with E-state index < -0.39 is 17.3 Å². The van der Waals surface area contributed by atoms with Crippen LogP contribution in [0.4, 0.5) is 4.39 Å². The van der Waals surface area contributed by atoms with Gasteiger partial charge in [-0.15, -0.1) is 0 Å². The molecule has 0 bridgehead atoms. The third-order valence-electron chi connectivity index (χ3n) is 2.91. The average molecular weight is 296 g/mol. The summed E-state index contributed by atoms with van der Waals surface area (Å²) >= 11 is 5.77. The van der Waals surface area contributed by atoms with E-state index >= 15 is 0 Å². The highest BCUT2D eigenvalue weighted by molar-refractivity contribution is 6.30. The lowest BCUT2D eigenvalue weighted by molar-refractivity contribution is 0.0697. The van der Waals surface area contributed by atoms with Gasteiger partial charge in [-0.1, -0.05) is 11.6 Å². The Bertz CT molecular complexity index is 722. The lowest BCUT2D eigenvalue weighted by Gasteiger charge is -2.14. The van der Waals surface area contributed by atoms with Crippen molar-refractivity contribution in [2.24, 2.45) is 0 Å². The Labute approximate surface area is 119 Å². The van der Waals surface area contributed by atoms with E-state index in [2.05, 4.69) is 0 Å². The van der Waals surface area contributed by atoms with E-state index in [9.17, 15) is 19.1 Å². The molecule has 0 spiro atoms. The molecule has 0 aliphatic carbocycles. The number of pyridine rings is 1. The summed E-state index contributed by atoms with van der Waals surface area (Å²) in [7, 11) is 0. The van der Waals surface area contributed by atoms with Crippen LogP contribution >= 0.6 is 11.6 Å². The molecule has 2 rings (SSSR count). The number of hydrogen-bond donors (Lipinski definition) is 1. The summed E-state index contributed by atoms with van der Waals surface area (Å²) in [6.07, 6.45) is 0. The second-order valence-corrected chi connectivity index (χ2v) is 4.52. The maximum atomic E-state index is 13.0. The van der Waals surface area contributed by atoms with Crippen molar-refractivity contribution < 1.29 is 14.3 Å². The molecule has 104 valence electrons. The molecule has 20 heavy (non-hydrogen) atoms. The van der Waals surface area contributed by atoms with Gasteiger partial charge in [0.25, 0.3) is 5.56 Å². The Kier molecular flexibility index (Phi) is 3.90. The number of hydrogen-bond acceptors (Lipinski definition) is 2. The van der Waals surface area contributed by atoms with Crippen LogP contribution in [0.5, 0.6) is 0 Å². The van der Waals surface area contributed by atoms with Crippen LogP contribution < -0.4 is 5.56 Å². The molecule has 6 heteroatoms. The highest BCUT2D eigenvalue weighted by atomic mass is 35.5. The zero-order valence-electron chi connectivity index (χ0n) is 10.6. The molecule has 0 radical (unpaired) electrons. The van der Waals surface area contributed by atoms with Crippen LogP contribution in [0.2, 0.25) is 5.02 Å². The zero-order valence-corrected chi connectivity index (χ0v) is 11.3. The van der Waals surface area contributed by atoms with Gasteiger partial charge >= 0.3 is 5.97 Å². The summed E-state index contributed by atoms with van der Waals surface area (Å²) < 4.78 is 14.2. The Balaban J connectivity index is 2.84. The molecule has 1 aromatic carbocycles. The van der Waals surface area contributed by atoms with Gasteiger partial charge in [0, 0.05) is 6.54 Å². The second-order valence-electron chi connectivity index (χ2n) is 4.12. The fraction of sp³-hybridized carbons (Fsp3) is 0.143. The Hall–Kier alpha value is -2.14. The molecule has 0 fully saturated rings. The fourth-order valence-electron chi connectivity index (χ4n) is 2.02. The van der Waals surface area contributed by atoms with Crippen LogP contribution in [-0.2, 0) is 6.54 Å². The standard InChI is InChI=1S/C14H11ClFNO3/c1-2-17-12(8-3-5-9(16)6-4-8)10(14(19)20)7-11(15)13(17)18/h3-7H,2H2,1H3,(H,19,20). The highest BCUT2D eigenvalue weighted by Gasteiger charge is 2.19. The minimum atomic E-state index is -1.20. The fourth-order valence-corrected chi connectivity index (χ4v) is 2.23. The lowest BCUT2D eigenvalue weighted by atomic mass is 10.0. The van der Waals surface area contributed by atoms with Gasteiger partial charge < -0.3 is 9.67 Å². The summed E-state index contributed by atoms with van der Waals surface area (Å²) in [6.45, 7) is 1.96. The number of carboxylic acids is 1. The van der Waals surface area contributed by atoms with Crippen LogP contribution in [0, 0.1) is 5.82 Å². The monoisotopic (exact) mass is 295 g/mol. The molecule has 1 heterocycles. The Morgan fingerprint density at radius 2 is 1.95 bits per heavy atom. The van der Waals surface area contributed by atoms with E-state index in [1.807, 2.05) is 0 Å². The molecule has 1 N–H and O–H groups in total. The first kappa shape index (κ1) is 14.3. The van der Waals surface area contributed by atoms with Gasteiger partial charge in [-0.2, -0.15) is 0 Å². The minimum absolute atomic E-state index is 0.0944. The molecule has 0 aliphatic rings. The van der Waals surface area contributed by atoms with Crippen molar-refractivity contribution in [2.45, 2.75) is 13.5 Å². The molecule has 0 saturated carbocycles. The molecular weight excluding hydrogens is 285 g/mol. The molecule has 0 saturated heterocycles. The predicted molar refractivity (Wildman–Crippen MR) is 73.7 cm³/mol. The molecule has 4 nitrogen and oxygen atoms in total. The van der Waals surface area contributed by atoms with Gasteiger partial charge in [-0.05, 0) is 42.8 Å². The SMILES string of the molecule is CCn1c(-c2ccc(F)cc2)c(C(=O)O)cc(Cl)c1=O. The third kappa shape index (κ3) is 2.44. The molecule has 0 unspecified atom stereocenters. The van der Waals surface area contributed by atoms with Crippen molar-refractivity contribution in [2.75, 3.05) is 0 Å². The average Bonchev–Trinajstić information content (AvgIpc) is 2.42. The Morgan fingerprint density at radius 3 is 2.45 bits per heavy atom. The zero-order chi connectivity index (χ0) is 14.9. The topological polar surface area (TPSA) is 59.3 Å². The van der Waals surface area contributed by atoms with Gasteiger partial charge in [0.15, 0.2) is 0 Å². The van der Waals surface area contributed by atoms with E-state index in [0.717, 1.165) is 6.07 Å². The normalized spacial score (nSPS) is 10.6. The number of carbonyl (C=O) groups is 1. The van der Waals surface area contributed by atoms with Crippen molar-refractivity contribution in [3.05, 3.63) is 57.1 Å². The predicted octanol–water partition coefficient (Wildman–Crippen LogP) is 3.03. The first-order valence-corrected chi connectivity index (χ1v) is 6.26. The largest absolute Gasteiger partial charge is 0.478 e. The van der Waals surface area contributed by atoms with Gasteiger partial charge in [-0.25, -0.2) is 9.18 Å². The summed E-state index contributed by atoms with van der Waals surface area (Å²) in [6, 6.07) is 6.39. The van der Waals surface area contributed by atoms with Crippen LogP contribution in [0.15, 0.2) is 35.1 Å². The number of benzene rings is 1. The van der Waals surface area contributed by atoms with Crippen LogP contribution in [0.1, 0.15) is 17.3 Å². The molecule has 2 aromatic rings. The highest BCUT2D eigenvalue weighted by Crippen LogP contribution is 2.25. The van der Waals surface area contributed by atoms with E-state index in [0.29, 0.717) is 5.56 Å². The maximum Gasteiger partial charge on any atom is 0.337 e. The van der Waals surface area contributed by atoms with E-state index in [1.54, 1.807) is 6.92 Å². The molecule has 0 atom stereocenters. The van der Waals surface area contributed by atoms with Gasteiger partial charge in [0.2, 0.25) is 0 Å². The lowest BCUT2D eigenvalue weighted by Crippen LogP contribution is -2.24. The molecule has 1 aromatic heterocycles. The van der Waals surface area contributed by atoms with Gasteiger partial charge in [-0.3, -0.25) is 4.79 Å². The van der Waals surface area contributed by atoms with E-state index in [1.165, 1.54) is 28.8 Å². The molecular formula is C14H11ClFNO3. The van der Waals surface area contributed by atoms with Crippen molar-refractivity contribution >= 4 is 17.6 Å². The summed E-state index contributed by atoms with van der Waals surface area (Å²) in [4.78, 5) is 23.3. The maximum absolute atomic E-state index is 13.0. The number of nitrogens with zero attached hydrogens (tertiary/aromatic N) is 1. The van der Waals surface area contributed by atoms with Crippen molar-refractivity contribution in [1.29, 1.82) is 0 Å². The number of aromatic carboxylic acids is 1. The summed E-state index contributed by atoms with van der Waals surface area (Å²) in [5.74, 6) is -1.64. The quantitative estimate of drug-likeness (QED) is 0.947. The smallest absolute Gasteiger partial charge is 0.337 e. The minimum Gasteiger partial charge on any atom is -0.478 e.